The zero-order valence-electron chi connectivity index (χ0n) is 12.1. The average Bonchev–Trinajstić information content (AvgIpc) is 2.55. The molecule has 2 aromatic rings. The van der Waals surface area contributed by atoms with Gasteiger partial charge in [-0.25, -0.2) is 14.6 Å². The molecule has 1 aromatic heterocycles. The number of nitrogens with one attached hydrogen (secondary N) is 1. The molecule has 0 bridgehead atoms. The van der Waals surface area contributed by atoms with Crippen LogP contribution in [0.15, 0.2) is 53.3 Å². The van der Waals surface area contributed by atoms with Crippen molar-refractivity contribution in [3.63, 3.8) is 0 Å². The lowest BCUT2D eigenvalue weighted by Gasteiger charge is -2.14. The van der Waals surface area contributed by atoms with Crippen LogP contribution in [-0.4, -0.2) is 28.2 Å². The first kappa shape index (κ1) is 17.0. The van der Waals surface area contributed by atoms with E-state index in [9.17, 15) is 14.7 Å². The van der Waals surface area contributed by atoms with E-state index in [1.165, 1.54) is 0 Å². The summed E-state index contributed by atoms with van der Waals surface area (Å²) < 4.78 is 5.68. The van der Waals surface area contributed by atoms with Crippen molar-refractivity contribution in [3.05, 3.63) is 64.4 Å². The summed E-state index contributed by atoms with van der Waals surface area (Å²) in [6.45, 7) is 0.0822. The third kappa shape index (κ3) is 5.71. The van der Waals surface area contributed by atoms with Crippen LogP contribution in [0, 0.1) is 0 Å². The van der Waals surface area contributed by atoms with Crippen LogP contribution in [0.25, 0.3) is 0 Å². The number of aromatic nitrogens is 1. The fourth-order valence-corrected chi connectivity index (χ4v) is 2.10. The van der Waals surface area contributed by atoms with E-state index in [-0.39, 0.29) is 13.0 Å². The van der Waals surface area contributed by atoms with Gasteiger partial charge in [0, 0.05) is 12.6 Å². The minimum Gasteiger partial charge on any atom is -0.480 e. The predicted molar refractivity (Wildman–Crippen MR) is 86.8 cm³/mol. The molecule has 0 radical (unpaired) electrons. The molecule has 0 saturated heterocycles. The zero-order chi connectivity index (χ0) is 16.7. The Balaban J connectivity index is 1.89. The second-order valence-corrected chi connectivity index (χ2v) is 5.60. The summed E-state index contributed by atoms with van der Waals surface area (Å²) in [5.74, 6) is -1.13. The van der Waals surface area contributed by atoms with Gasteiger partial charge in [0.1, 0.15) is 17.3 Å². The Morgan fingerprint density at radius 1 is 1.17 bits per heavy atom. The smallest absolute Gasteiger partial charge is 0.408 e. The first-order chi connectivity index (χ1) is 11.0. The van der Waals surface area contributed by atoms with Crippen LogP contribution in [0.5, 0.6) is 0 Å². The van der Waals surface area contributed by atoms with Crippen LogP contribution in [0.4, 0.5) is 4.79 Å². The molecule has 1 unspecified atom stereocenters. The van der Waals surface area contributed by atoms with E-state index in [1.54, 1.807) is 18.3 Å². The van der Waals surface area contributed by atoms with Crippen LogP contribution in [0.3, 0.4) is 0 Å². The largest absolute Gasteiger partial charge is 0.480 e. The number of carbonyl (C=O) groups is 2. The average molecular weight is 379 g/mol. The summed E-state index contributed by atoms with van der Waals surface area (Å²) in [6.07, 6.45) is 0.902. The summed E-state index contributed by atoms with van der Waals surface area (Å²) in [5.41, 5.74) is 1.52. The Hall–Kier alpha value is -2.41. The zero-order valence-corrected chi connectivity index (χ0v) is 13.7. The van der Waals surface area contributed by atoms with Gasteiger partial charge in [0.25, 0.3) is 0 Å². The summed E-state index contributed by atoms with van der Waals surface area (Å²) in [7, 11) is 0. The molecule has 1 atom stereocenters. The number of carboxylic acid groups (broad SMARTS) is 1. The molecule has 0 spiro atoms. The molecule has 120 valence electrons. The Bertz CT molecular complexity index is 662. The summed E-state index contributed by atoms with van der Waals surface area (Å²) in [5, 5.41) is 11.6. The van der Waals surface area contributed by atoms with Crippen molar-refractivity contribution < 1.29 is 19.4 Å². The third-order valence-electron chi connectivity index (χ3n) is 3.03. The molecule has 1 aromatic carbocycles. The molecule has 0 fully saturated rings. The quantitative estimate of drug-likeness (QED) is 0.754. The van der Waals surface area contributed by atoms with Crippen LogP contribution in [0.2, 0.25) is 0 Å². The van der Waals surface area contributed by atoms with Gasteiger partial charge in [-0.15, -0.1) is 0 Å². The molecule has 2 N–H and O–H groups in total. The molecule has 0 saturated carbocycles. The number of carboxylic acids is 1. The molecular formula is C16H15BrN2O4. The number of nitrogens with zero attached hydrogens (tertiary/aromatic N) is 1. The normalized spacial score (nSPS) is 11.5. The summed E-state index contributed by atoms with van der Waals surface area (Å²) >= 11 is 3.21. The number of hydrogen-bond acceptors (Lipinski definition) is 4. The Morgan fingerprint density at radius 3 is 2.52 bits per heavy atom. The van der Waals surface area contributed by atoms with Crippen molar-refractivity contribution in [3.8, 4) is 0 Å². The second kappa shape index (κ2) is 8.28. The Labute approximate surface area is 141 Å². The highest BCUT2D eigenvalue weighted by Crippen LogP contribution is 2.09. The van der Waals surface area contributed by atoms with Crippen LogP contribution >= 0.6 is 15.9 Å². The van der Waals surface area contributed by atoms with E-state index >= 15 is 0 Å². The molecule has 1 heterocycles. The van der Waals surface area contributed by atoms with E-state index in [0.29, 0.717) is 10.2 Å². The van der Waals surface area contributed by atoms with Gasteiger partial charge < -0.3 is 15.2 Å². The van der Waals surface area contributed by atoms with Crippen molar-refractivity contribution in [2.75, 3.05) is 0 Å². The maximum Gasteiger partial charge on any atom is 0.408 e. The van der Waals surface area contributed by atoms with E-state index < -0.39 is 18.1 Å². The lowest BCUT2D eigenvalue weighted by molar-refractivity contribution is -0.139. The highest BCUT2D eigenvalue weighted by molar-refractivity contribution is 9.10. The van der Waals surface area contributed by atoms with Crippen molar-refractivity contribution in [2.24, 2.45) is 0 Å². The maximum absolute atomic E-state index is 11.8. The first-order valence-electron chi connectivity index (χ1n) is 6.85. The van der Waals surface area contributed by atoms with Gasteiger partial charge in [0.15, 0.2) is 0 Å². The van der Waals surface area contributed by atoms with Crippen molar-refractivity contribution in [1.29, 1.82) is 0 Å². The summed E-state index contributed by atoms with van der Waals surface area (Å²) in [6, 6.07) is 11.5. The van der Waals surface area contributed by atoms with Crippen molar-refractivity contribution in [1.82, 2.24) is 10.3 Å². The molecule has 2 rings (SSSR count). The topological polar surface area (TPSA) is 88.5 Å². The van der Waals surface area contributed by atoms with E-state index in [0.717, 1.165) is 5.56 Å². The number of amides is 1. The highest BCUT2D eigenvalue weighted by atomic mass is 79.9. The van der Waals surface area contributed by atoms with Crippen molar-refractivity contribution in [2.45, 2.75) is 19.1 Å². The highest BCUT2D eigenvalue weighted by Gasteiger charge is 2.21. The van der Waals surface area contributed by atoms with Gasteiger partial charge in [-0.2, -0.15) is 0 Å². The minimum absolute atomic E-state index is 0.0822. The van der Waals surface area contributed by atoms with Gasteiger partial charge in [-0.05, 0) is 33.1 Å². The molecule has 0 aliphatic rings. The van der Waals surface area contributed by atoms with Gasteiger partial charge in [0.05, 0.1) is 0 Å². The first-order valence-corrected chi connectivity index (χ1v) is 7.64. The molecule has 1 amide bonds. The lowest BCUT2D eigenvalue weighted by atomic mass is 10.1. The maximum atomic E-state index is 11.8. The van der Waals surface area contributed by atoms with Crippen molar-refractivity contribution >= 4 is 28.0 Å². The van der Waals surface area contributed by atoms with Gasteiger partial charge in [0.2, 0.25) is 0 Å². The predicted octanol–water partition coefficient (Wildman–Crippen LogP) is 2.77. The van der Waals surface area contributed by atoms with Gasteiger partial charge in [-0.1, -0.05) is 36.4 Å². The monoisotopic (exact) mass is 378 g/mol. The fraction of sp³-hybridized carbons (Fsp3) is 0.188. The van der Waals surface area contributed by atoms with E-state index in [4.69, 9.17) is 4.74 Å². The molecule has 6 nitrogen and oxygen atoms in total. The minimum atomic E-state index is -1.13. The number of pyridine rings is 1. The van der Waals surface area contributed by atoms with Gasteiger partial charge >= 0.3 is 12.1 Å². The van der Waals surface area contributed by atoms with E-state index in [1.807, 2.05) is 30.3 Å². The number of ether oxygens (including phenoxy) is 1. The number of aliphatic carboxylic acids is 1. The number of hydrogen-bond donors (Lipinski definition) is 2. The third-order valence-corrected chi connectivity index (χ3v) is 3.50. The number of halogens is 1. The molecule has 7 heteroatoms. The standard InChI is InChI=1S/C16H15BrN2O4/c17-14-7-6-12(9-18-14)8-13(15(20)21)19-16(22)23-10-11-4-2-1-3-5-11/h1-7,9,13H,8,10H2,(H,19,22)(H,20,21). The molecule has 0 aliphatic carbocycles. The summed E-state index contributed by atoms with van der Waals surface area (Å²) in [4.78, 5) is 27.1. The van der Waals surface area contributed by atoms with Gasteiger partial charge in [-0.3, -0.25) is 0 Å². The number of benzene rings is 1. The second-order valence-electron chi connectivity index (χ2n) is 4.79. The lowest BCUT2D eigenvalue weighted by Crippen LogP contribution is -2.42. The molecule has 23 heavy (non-hydrogen) atoms. The fourth-order valence-electron chi connectivity index (χ4n) is 1.87. The number of carbonyl (C=O) groups excluding carboxylic acids is 1. The molecular weight excluding hydrogens is 364 g/mol. The van der Waals surface area contributed by atoms with Crippen LogP contribution < -0.4 is 5.32 Å². The number of rotatable bonds is 6. The molecule has 0 aliphatic heterocycles. The Kier molecular flexibility index (Phi) is 6.10. The van der Waals surface area contributed by atoms with Crippen LogP contribution in [0.1, 0.15) is 11.1 Å². The Morgan fingerprint density at radius 2 is 1.91 bits per heavy atom. The van der Waals surface area contributed by atoms with Crippen LogP contribution in [-0.2, 0) is 22.6 Å². The number of alkyl carbamates (subject to hydrolysis) is 1. The SMILES string of the molecule is O=C(NC(Cc1ccc(Br)nc1)C(=O)O)OCc1ccccc1. The van der Waals surface area contributed by atoms with E-state index in [2.05, 4.69) is 26.2 Å².